The molecule has 0 N–H and O–H groups in total. The van der Waals surface area contributed by atoms with Gasteiger partial charge in [0.2, 0.25) is 0 Å². The van der Waals surface area contributed by atoms with Gasteiger partial charge in [-0.15, -0.1) is 0 Å². The molecule has 31 heavy (non-hydrogen) atoms. The monoisotopic (exact) mass is 427 g/mol. The first-order chi connectivity index (χ1) is 14.9. The zero-order valence-corrected chi connectivity index (χ0v) is 21.3. The third-order valence-electron chi connectivity index (χ3n) is 6.83. The van der Waals surface area contributed by atoms with Crippen molar-refractivity contribution in [2.24, 2.45) is 11.3 Å². The Kier molecular flexibility index (Phi) is 11.1. The molecule has 0 spiro atoms. The fourth-order valence-electron chi connectivity index (χ4n) is 4.64. The average molecular weight is 428 g/mol. The van der Waals surface area contributed by atoms with Gasteiger partial charge < -0.3 is 9.80 Å². The molecule has 0 aromatic carbocycles. The van der Waals surface area contributed by atoms with Crippen LogP contribution in [0.5, 0.6) is 0 Å². The highest BCUT2D eigenvalue weighted by Gasteiger charge is 2.20. The maximum atomic E-state index is 4.71. The van der Waals surface area contributed by atoms with Crippen molar-refractivity contribution in [3.8, 4) is 0 Å². The standard InChI is InChI=1S/C26H43N3.C2H6/c1-22(29-16-7-8-17-29)24-11-12-25(27-21-24)10-6-5-9-23-13-18-28(19-14-23)20-15-26(2,3)4;1-2/h11-12,21,23H,1,5-10,13-20H2,2-4H3;1-2H3. The molecule has 0 atom stereocenters. The van der Waals surface area contributed by atoms with E-state index in [4.69, 9.17) is 4.98 Å². The minimum atomic E-state index is 0.463. The van der Waals surface area contributed by atoms with Crippen molar-refractivity contribution in [2.45, 2.75) is 92.4 Å². The van der Waals surface area contributed by atoms with Gasteiger partial charge in [0.1, 0.15) is 0 Å². The largest absolute Gasteiger partial charge is 0.371 e. The van der Waals surface area contributed by atoms with Crippen molar-refractivity contribution in [2.75, 3.05) is 32.7 Å². The number of hydrogen-bond acceptors (Lipinski definition) is 3. The van der Waals surface area contributed by atoms with Crippen LogP contribution in [0.4, 0.5) is 0 Å². The number of nitrogens with zero attached hydrogens (tertiary/aromatic N) is 3. The van der Waals surface area contributed by atoms with E-state index in [2.05, 4.69) is 49.3 Å². The molecule has 1 aromatic rings. The van der Waals surface area contributed by atoms with Crippen molar-refractivity contribution in [3.63, 3.8) is 0 Å². The van der Waals surface area contributed by atoms with Crippen molar-refractivity contribution in [1.29, 1.82) is 0 Å². The van der Waals surface area contributed by atoms with Crippen molar-refractivity contribution in [3.05, 3.63) is 36.2 Å². The van der Waals surface area contributed by atoms with Gasteiger partial charge in [-0.3, -0.25) is 4.98 Å². The van der Waals surface area contributed by atoms with Crippen LogP contribution in [0.25, 0.3) is 5.70 Å². The molecule has 3 heteroatoms. The molecule has 2 fully saturated rings. The predicted octanol–water partition coefficient (Wildman–Crippen LogP) is 7.04. The second kappa shape index (κ2) is 13.3. The summed E-state index contributed by atoms with van der Waals surface area (Å²) in [7, 11) is 0. The van der Waals surface area contributed by atoms with Gasteiger partial charge in [0.05, 0.1) is 0 Å². The second-order valence-corrected chi connectivity index (χ2v) is 10.5. The summed E-state index contributed by atoms with van der Waals surface area (Å²) in [5.74, 6) is 0.944. The molecule has 176 valence electrons. The van der Waals surface area contributed by atoms with Gasteiger partial charge in [0, 0.05) is 36.2 Å². The molecular weight excluding hydrogens is 378 g/mol. The molecule has 2 aliphatic heterocycles. The zero-order chi connectivity index (χ0) is 22.7. The van der Waals surface area contributed by atoms with Crippen LogP contribution in [0.2, 0.25) is 0 Å². The maximum Gasteiger partial charge on any atom is 0.0404 e. The van der Waals surface area contributed by atoms with Crippen LogP contribution in [0.3, 0.4) is 0 Å². The van der Waals surface area contributed by atoms with Gasteiger partial charge in [-0.2, -0.15) is 0 Å². The highest BCUT2D eigenvalue weighted by atomic mass is 15.1. The summed E-state index contributed by atoms with van der Waals surface area (Å²) in [5.41, 5.74) is 4.04. The van der Waals surface area contributed by atoms with Crippen LogP contribution in [0.1, 0.15) is 97.2 Å². The van der Waals surface area contributed by atoms with Gasteiger partial charge in [0.15, 0.2) is 0 Å². The summed E-state index contributed by atoms with van der Waals surface area (Å²) in [5, 5.41) is 0. The first-order valence-electron chi connectivity index (χ1n) is 13.0. The first kappa shape index (κ1) is 25.9. The van der Waals surface area contributed by atoms with Gasteiger partial charge in [-0.05, 0) is 88.0 Å². The Morgan fingerprint density at radius 3 is 2.29 bits per heavy atom. The summed E-state index contributed by atoms with van der Waals surface area (Å²) in [4.78, 5) is 9.79. The van der Waals surface area contributed by atoms with E-state index in [0.717, 1.165) is 31.1 Å². The number of likely N-dealkylation sites (tertiary alicyclic amines) is 2. The summed E-state index contributed by atoms with van der Waals surface area (Å²) in [6.07, 6.45) is 13.8. The number of unbranched alkanes of at least 4 members (excludes halogenated alkanes) is 1. The molecule has 0 unspecified atom stereocenters. The highest BCUT2D eigenvalue weighted by molar-refractivity contribution is 5.61. The average Bonchev–Trinajstić information content (AvgIpc) is 3.32. The Bertz CT molecular complexity index is 615. The molecule has 3 nitrogen and oxygen atoms in total. The molecule has 3 rings (SSSR count). The normalized spacial score (nSPS) is 18.0. The molecule has 0 aliphatic carbocycles. The maximum absolute atomic E-state index is 4.71. The molecule has 0 radical (unpaired) electrons. The van der Waals surface area contributed by atoms with E-state index >= 15 is 0 Å². The number of piperidine rings is 1. The molecule has 0 bridgehead atoms. The van der Waals surface area contributed by atoms with E-state index in [1.54, 1.807) is 0 Å². The molecule has 2 aliphatic rings. The first-order valence-corrected chi connectivity index (χ1v) is 13.0. The topological polar surface area (TPSA) is 19.4 Å². The molecule has 1 aromatic heterocycles. The van der Waals surface area contributed by atoms with Gasteiger partial charge in [-0.1, -0.05) is 54.0 Å². The summed E-state index contributed by atoms with van der Waals surface area (Å²) in [6, 6.07) is 4.43. The smallest absolute Gasteiger partial charge is 0.0404 e. The second-order valence-electron chi connectivity index (χ2n) is 10.5. The molecule has 0 saturated carbocycles. The lowest BCUT2D eigenvalue weighted by Gasteiger charge is -2.33. The van der Waals surface area contributed by atoms with Crippen molar-refractivity contribution in [1.82, 2.24) is 14.8 Å². The van der Waals surface area contributed by atoms with E-state index in [1.807, 2.05) is 20.0 Å². The summed E-state index contributed by atoms with van der Waals surface area (Å²) >= 11 is 0. The zero-order valence-electron chi connectivity index (χ0n) is 21.3. The van der Waals surface area contributed by atoms with Gasteiger partial charge in [0.25, 0.3) is 0 Å². The van der Waals surface area contributed by atoms with Crippen molar-refractivity contribution < 1.29 is 0 Å². The number of rotatable bonds is 9. The Balaban J connectivity index is 0.00000166. The van der Waals surface area contributed by atoms with Crippen LogP contribution < -0.4 is 0 Å². The Labute approximate surface area is 193 Å². The van der Waals surface area contributed by atoms with E-state index in [-0.39, 0.29) is 0 Å². The minimum absolute atomic E-state index is 0.463. The van der Waals surface area contributed by atoms with E-state index in [1.165, 1.54) is 82.3 Å². The molecule has 2 saturated heterocycles. The summed E-state index contributed by atoms with van der Waals surface area (Å²) in [6.45, 7) is 21.5. The van der Waals surface area contributed by atoms with Crippen LogP contribution in [-0.2, 0) is 6.42 Å². The fourth-order valence-corrected chi connectivity index (χ4v) is 4.64. The van der Waals surface area contributed by atoms with Gasteiger partial charge in [-0.25, -0.2) is 0 Å². The predicted molar refractivity (Wildman–Crippen MR) is 136 cm³/mol. The molecule has 0 amide bonds. The number of hydrogen-bond donors (Lipinski definition) is 0. The molecule has 3 heterocycles. The van der Waals surface area contributed by atoms with Crippen LogP contribution in [0, 0.1) is 11.3 Å². The SMILES string of the molecule is C=C(c1ccc(CCCCC2CCN(CCC(C)(C)C)CC2)nc1)N1CCCC1.CC. The minimum Gasteiger partial charge on any atom is -0.371 e. The van der Waals surface area contributed by atoms with E-state index in [0.29, 0.717) is 5.41 Å². The Hall–Kier alpha value is -1.35. The summed E-state index contributed by atoms with van der Waals surface area (Å²) < 4.78 is 0. The molecular formula is C28H49N3. The highest BCUT2D eigenvalue weighted by Crippen LogP contribution is 2.26. The van der Waals surface area contributed by atoms with Crippen LogP contribution >= 0.6 is 0 Å². The lowest BCUT2D eigenvalue weighted by atomic mass is 9.89. The van der Waals surface area contributed by atoms with Crippen molar-refractivity contribution >= 4 is 5.70 Å². The Morgan fingerprint density at radius 1 is 1.03 bits per heavy atom. The third-order valence-corrected chi connectivity index (χ3v) is 6.83. The van der Waals surface area contributed by atoms with E-state index in [9.17, 15) is 0 Å². The van der Waals surface area contributed by atoms with E-state index < -0.39 is 0 Å². The number of pyridine rings is 1. The van der Waals surface area contributed by atoms with Crippen LogP contribution in [0.15, 0.2) is 24.9 Å². The third kappa shape index (κ3) is 9.35. The van der Waals surface area contributed by atoms with Gasteiger partial charge >= 0.3 is 0 Å². The quantitative estimate of drug-likeness (QED) is 0.394. The number of aromatic nitrogens is 1. The number of aryl methyl sites for hydroxylation is 1. The fraction of sp³-hybridized carbons (Fsp3) is 0.750. The lowest BCUT2D eigenvalue weighted by Crippen LogP contribution is -2.35. The Morgan fingerprint density at radius 2 is 1.71 bits per heavy atom. The lowest BCUT2D eigenvalue weighted by molar-refractivity contribution is 0.158. The van der Waals surface area contributed by atoms with Crippen LogP contribution in [-0.4, -0.2) is 47.5 Å².